The molecular weight excluding hydrogens is 436 g/mol. The maximum atomic E-state index is 11.6. The van der Waals surface area contributed by atoms with Crippen LogP contribution in [0.4, 0.5) is 5.95 Å². The van der Waals surface area contributed by atoms with Crippen molar-refractivity contribution in [3.63, 3.8) is 0 Å². The molecule has 0 aliphatic heterocycles. The highest BCUT2D eigenvalue weighted by Gasteiger charge is 2.06. The van der Waals surface area contributed by atoms with E-state index in [1.54, 1.807) is 13.3 Å². The highest BCUT2D eigenvalue weighted by atomic mass is 79.9. The second-order valence-electron chi connectivity index (χ2n) is 6.13. The Bertz CT molecular complexity index is 1050. The predicted octanol–water partition coefficient (Wildman–Crippen LogP) is 4.13. The number of methoxy groups -OCH3 is 1. The van der Waals surface area contributed by atoms with E-state index in [4.69, 9.17) is 9.47 Å². The van der Waals surface area contributed by atoms with Gasteiger partial charge in [0, 0.05) is 16.2 Å². The molecule has 1 aromatic heterocycles. The van der Waals surface area contributed by atoms with Crippen molar-refractivity contribution in [3.8, 4) is 11.5 Å². The van der Waals surface area contributed by atoms with Gasteiger partial charge in [-0.15, -0.1) is 0 Å². The van der Waals surface area contributed by atoms with Crippen LogP contribution in [0.3, 0.4) is 0 Å². The fourth-order valence-corrected chi connectivity index (χ4v) is 2.80. The van der Waals surface area contributed by atoms with Gasteiger partial charge < -0.3 is 9.47 Å². The summed E-state index contributed by atoms with van der Waals surface area (Å²) in [4.78, 5) is 18.4. The van der Waals surface area contributed by atoms with E-state index < -0.39 is 0 Å². The first-order valence-corrected chi connectivity index (χ1v) is 9.81. The number of aromatic amines is 1. The Kier molecular flexibility index (Phi) is 7.02. The molecular formula is C21H21BrN4O3. The Balaban J connectivity index is 1.66. The summed E-state index contributed by atoms with van der Waals surface area (Å²) in [6.07, 6.45) is 2.28. The third-order valence-corrected chi connectivity index (χ3v) is 4.56. The minimum Gasteiger partial charge on any atom is -0.493 e. The third kappa shape index (κ3) is 5.92. The molecule has 8 heteroatoms. The van der Waals surface area contributed by atoms with Crippen LogP contribution in [0.25, 0.3) is 0 Å². The molecule has 0 radical (unpaired) electrons. The number of aryl methyl sites for hydroxylation is 1. The lowest BCUT2D eigenvalue weighted by atomic mass is 10.2. The van der Waals surface area contributed by atoms with Crippen LogP contribution >= 0.6 is 15.9 Å². The summed E-state index contributed by atoms with van der Waals surface area (Å²) in [7, 11) is 1.59. The molecule has 0 bridgehead atoms. The van der Waals surface area contributed by atoms with E-state index in [1.807, 2.05) is 49.4 Å². The zero-order valence-corrected chi connectivity index (χ0v) is 17.7. The molecule has 0 atom stereocenters. The van der Waals surface area contributed by atoms with Gasteiger partial charge in [0.05, 0.1) is 13.3 Å². The first-order chi connectivity index (χ1) is 14.1. The number of aromatic nitrogens is 2. The SMILES string of the molecule is CCc1cc(=O)[nH]c(N/N=C\c2ccc(OCc3ccc(Br)cc3)c(OC)c2)n1. The van der Waals surface area contributed by atoms with Crippen LogP contribution in [0.15, 0.2) is 62.9 Å². The molecule has 150 valence electrons. The zero-order chi connectivity index (χ0) is 20.6. The Morgan fingerprint density at radius 3 is 2.69 bits per heavy atom. The van der Waals surface area contributed by atoms with Crippen molar-refractivity contribution in [1.82, 2.24) is 9.97 Å². The lowest BCUT2D eigenvalue weighted by Gasteiger charge is -2.11. The van der Waals surface area contributed by atoms with E-state index in [-0.39, 0.29) is 5.56 Å². The van der Waals surface area contributed by atoms with Crippen LogP contribution in [0.1, 0.15) is 23.7 Å². The molecule has 0 amide bonds. The maximum absolute atomic E-state index is 11.6. The molecule has 0 aliphatic carbocycles. The van der Waals surface area contributed by atoms with E-state index in [0.29, 0.717) is 36.2 Å². The van der Waals surface area contributed by atoms with Crippen LogP contribution in [0.5, 0.6) is 11.5 Å². The number of hydrogen-bond donors (Lipinski definition) is 2. The minimum atomic E-state index is -0.219. The van der Waals surface area contributed by atoms with Crippen LogP contribution in [-0.2, 0) is 13.0 Å². The van der Waals surface area contributed by atoms with Gasteiger partial charge in [-0.25, -0.2) is 10.4 Å². The molecule has 0 aliphatic rings. The third-order valence-electron chi connectivity index (χ3n) is 4.04. The number of hydrazone groups is 1. The van der Waals surface area contributed by atoms with Gasteiger partial charge in [-0.3, -0.25) is 9.78 Å². The van der Waals surface area contributed by atoms with Crippen molar-refractivity contribution in [2.75, 3.05) is 12.5 Å². The molecule has 0 fully saturated rings. The largest absolute Gasteiger partial charge is 0.493 e. The summed E-state index contributed by atoms with van der Waals surface area (Å²) < 4.78 is 12.3. The van der Waals surface area contributed by atoms with Gasteiger partial charge in [-0.1, -0.05) is 35.0 Å². The number of anilines is 1. The molecule has 2 aromatic carbocycles. The molecule has 0 saturated carbocycles. The Hall–Kier alpha value is -3.13. The minimum absolute atomic E-state index is 0.219. The summed E-state index contributed by atoms with van der Waals surface area (Å²) in [5.74, 6) is 1.54. The first kappa shape index (κ1) is 20.6. The highest BCUT2D eigenvalue weighted by Crippen LogP contribution is 2.28. The van der Waals surface area contributed by atoms with Gasteiger partial charge in [0.1, 0.15) is 6.61 Å². The second-order valence-corrected chi connectivity index (χ2v) is 7.05. The predicted molar refractivity (Wildman–Crippen MR) is 117 cm³/mol. The van der Waals surface area contributed by atoms with Crippen LogP contribution in [0, 0.1) is 0 Å². The summed E-state index contributed by atoms with van der Waals surface area (Å²) in [6.45, 7) is 2.37. The Morgan fingerprint density at radius 2 is 1.97 bits per heavy atom. The number of H-pyrrole nitrogens is 1. The molecule has 0 spiro atoms. The normalized spacial score (nSPS) is 10.9. The lowest BCUT2D eigenvalue weighted by Crippen LogP contribution is -2.11. The summed E-state index contributed by atoms with van der Waals surface area (Å²) in [5, 5.41) is 4.13. The van der Waals surface area contributed by atoms with Crippen LogP contribution in [0.2, 0.25) is 0 Å². The van der Waals surface area contributed by atoms with E-state index in [0.717, 1.165) is 15.6 Å². The fourth-order valence-electron chi connectivity index (χ4n) is 2.54. The number of nitrogens with one attached hydrogen (secondary N) is 2. The van der Waals surface area contributed by atoms with Crippen LogP contribution < -0.4 is 20.5 Å². The average Bonchev–Trinajstić information content (AvgIpc) is 2.73. The van der Waals surface area contributed by atoms with Crippen molar-refractivity contribution in [3.05, 3.63) is 80.2 Å². The Labute approximate surface area is 176 Å². The van der Waals surface area contributed by atoms with Gasteiger partial charge in [-0.2, -0.15) is 5.10 Å². The fraction of sp³-hybridized carbons (Fsp3) is 0.190. The van der Waals surface area contributed by atoms with Crippen molar-refractivity contribution in [1.29, 1.82) is 0 Å². The summed E-state index contributed by atoms with van der Waals surface area (Å²) in [6, 6.07) is 14.9. The number of ether oxygens (including phenoxy) is 2. The smallest absolute Gasteiger partial charge is 0.252 e. The first-order valence-electron chi connectivity index (χ1n) is 9.02. The molecule has 0 saturated heterocycles. The Morgan fingerprint density at radius 1 is 1.17 bits per heavy atom. The molecule has 3 rings (SSSR count). The zero-order valence-electron chi connectivity index (χ0n) is 16.1. The average molecular weight is 457 g/mol. The standard InChI is InChI=1S/C21H21BrN4O3/c1-3-17-11-20(27)25-21(24-17)26-23-12-15-6-9-18(19(10-15)28-2)29-13-14-4-7-16(22)8-5-14/h4-12H,3,13H2,1-2H3,(H2,24,25,26,27)/b23-12-. The quantitative estimate of drug-likeness (QED) is 0.392. The van der Waals surface area contributed by atoms with Crippen molar-refractivity contribution >= 4 is 28.1 Å². The monoisotopic (exact) mass is 456 g/mol. The lowest BCUT2D eigenvalue weighted by molar-refractivity contribution is 0.284. The van der Waals surface area contributed by atoms with Crippen molar-refractivity contribution in [2.45, 2.75) is 20.0 Å². The summed E-state index contributed by atoms with van der Waals surface area (Å²) in [5.41, 5.74) is 5.08. The van der Waals surface area contributed by atoms with Crippen molar-refractivity contribution < 1.29 is 9.47 Å². The van der Waals surface area contributed by atoms with Gasteiger partial charge in [-0.05, 0) is 47.9 Å². The molecule has 3 aromatic rings. The van der Waals surface area contributed by atoms with E-state index in [1.165, 1.54) is 6.07 Å². The van der Waals surface area contributed by atoms with Crippen LogP contribution in [-0.4, -0.2) is 23.3 Å². The van der Waals surface area contributed by atoms with Gasteiger partial charge in [0.2, 0.25) is 5.95 Å². The van der Waals surface area contributed by atoms with E-state index in [9.17, 15) is 4.79 Å². The number of nitrogens with zero attached hydrogens (tertiary/aromatic N) is 2. The number of benzene rings is 2. The van der Waals surface area contributed by atoms with Gasteiger partial charge >= 0.3 is 0 Å². The van der Waals surface area contributed by atoms with E-state index >= 15 is 0 Å². The molecule has 7 nitrogen and oxygen atoms in total. The highest BCUT2D eigenvalue weighted by molar-refractivity contribution is 9.10. The number of halogens is 1. The van der Waals surface area contributed by atoms with Crippen molar-refractivity contribution in [2.24, 2.45) is 5.10 Å². The second kappa shape index (κ2) is 9.88. The number of rotatable bonds is 8. The number of hydrogen-bond acceptors (Lipinski definition) is 6. The maximum Gasteiger partial charge on any atom is 0.252 e. The van der Waals surface area contributed by atoms with Gasteiger partial charge in [0.25, 0.3) is 5.56 Å². The molecule has 29 heavy (non-hydrogen) atoms. The molecule has 0 unspecified atom stereocenters. The summed E-state index contributed by atoms with van der Waals surface area (Å²) >= 11 is 3.42. The molecule has 2 N–H and O–H groups in total. The topological polar surface area (TPSA) is 88.6 Å². The van der Waals surface area contributed by atoms with E-state index in [2.05, 4.69) is 36.4 Å². The molecule has 1 heterocycles. The van der Waals surface area contributed by atoms with Gasteiger partial charge in [0.15, 0.2) is 11.5 Å².